The van der Waals surface area contributed by atoms with E-state index in [1.165, 1.54) is 56.9 Å². The number of fused-ring (bicyclic) bond motifs is 3. The molecular formula is C26H38O3. The van der Waals surface area contributed by atoms with Gasteiger partial charge < -0.3 is 14.2 Å². The van der Waals surface area contributed by atoms with Crippen LogP contribution in [0.5, 0.6) is 0 Å². The van der Waals surface area contributed by atoms with Gasteiger partial charge >= 0.3 is 0 Å². The van der Waals surface area contributed by atoms with E-state index in [-0.39, 0.29) is 12.4 Å². The number of allylic oxidation sites excluding steroid dienone is 1. The fourth-order valence-electron chi connectivity index (χ4n) is 5.82. The first-order valence-corrected chi connectivity index (χ1v) is 11.8. The quantitative estimate of drug-likeness (QED) is 0.469. The third kappa shape index (κ3) is 4.62. The third-order valence-corrected chi connectivity index (χ3v) is 7.72. The minimum atomic E-state index is -0.251. The van der Waals surface area contributed by atoms with E-state index in [9.17, 15) is 0 Å². The second-order valence-corrected chi connectivity index (χ2v) is 9.45. The summed E-state index contributed by atoms with van der Waals surface area (Å²) in [5, 5.41) is 0. The average Bonchev–Trinajstić information content (AvgIpc) is 2.79. The van der Waals surface area contributed by atoms with Crippen molar-refractivity contribution in [1.29, 1.82) is 0 Å². The van der Waals surface area contributed by atoms with Crippen molar-refractivity contribution in [2.24, 2.45) is 5.41 Å². The number of benzene rings is 1. The fraction of sp³-hybridized carbons (Fsp3) is 0.692. The highest BCUT2D eigenvalue weighted by atomic mass is 16.7. The van der Waals surface area contributed by atoms with Crippen LogP contribution in [-0.4, -0.2) is 26.1 Å². The van der Waals surface area contributed by atoms with Crippen LogP contribution in [0.15, 0.2) is 36.4 Å². The van der Waals surface area contributed by atoms with Gasteiger partial charge in [0.15, 0.2) is 6.29 Å². The predicted octanol–water partition coefficient (Wildman–Crippen LogP) is 6.48. The maximum absolute atomic E-state index is 6.04. The molecule has 4 fully saturated rings. The summed E-state index contributed by atoms with van der Waals surface area (Å²) in [6, 6.07) is 9.28. The first-order valence-electron chi connectivity index (χ1n) is 11.8. The molecule has 29 heavy (non-hydrogen) atoms. The van der Waals surface area contributed by atoms with Crippen LogP contribution in [0, 0.1) is 5.41 Å². The fourth-order valence-corrected chi connectivity index (χ4v) is 5.82. The molecule has 0 aromatic heterocycles. The van der Waals surface area contributed by atoms with Crippen molar-refractivity contribution >= 4 is 0 Å². The van der Waals surface area contributed by atoms with Crippen molar-refractivity contribution in [1.82, 2.24) is 0 Å². The van der Waals surface area contributed by atoms with Gasteiger partial charge in [-0.05, 0) is 73.3 Å². The SMILES string of the molecule is CC/C=C/COC1COC(c2ccc(C34CCC(CCC)(CC3)CC4)cc2)CO1. The van der Waals surface area contributed by atoms with Crippen molar-refractivity contribution in [3.05, 3.63) is 47.5 Å². The molecule has 0 radical (unpaired) electrons. The van der Waals surface area contributed by atoms with Crippen molar-refractivity contribution in [3.63, 3.8) is 0 Å². The molecule has 2 atom stereocenters. The van der Waals surface area contributed by atoms with E-state index in [0.29, 0.717) is 30.7 Å². The van der Waals surface area contributed by atoms with Crippen LogP contribution in [0.3, 0.4) is 0 Å². The predicted molar refractivity (Wildman–Crippen MR) is 117 cm³/mol. The standard InChI is InChI=1S/C26H38O3/c1-3-5-6-18-27-24-20-28-23(19-29-24)21-7-9-22(10-8-21)26-15-12-25(11-4-2,13-16-26)14-17-26/h5-10,23-24H,3-4,11-20H2,1-2H3/b6-5+. The van der Waals surface area contributed by atoms with E-state index >= 15 is 0 Å². The molecule has 3 aliphatic carbocycles. The van der Waals surface area contributed by atoms with Gasteiger partial charge in [0.2, 0.25) is 0 Å². The van der Waals surface area contributed by atoms with Crippen LogP contribution in [-0.2, 0) is 19.6 Å². The highest BCUT2D eigenvalue weighted by Crippen LogP contribution is 2.59. The highest BCUT2D eigenvalue weighted by Gasteiger charge is 2.48. The normalized spacial score (nSPS) is 34.7. The number of rotatable bonds is 8. The maximum atomic E-state index is 6.04. The van der Waals surface area contributed by atoms with Gasteiger partial charge in [0.25, 0.3) is 0 Å². The van der Waals surface area contributed by atoms with Gasteiger partial charge in [0.05, 0.1) is 19.8 Å². The van der Waals surface area contributed by atoms with E-state index in [0.717, 1.165) is 6.42 Å². The zero-order valence-electron chi connectivity index (χ0n) is 18.3. The molecule has 3 heteroatoms. The van der Waals surface area contributed by atoms with Crippen molar-refractivity contribution in [2.45, 2.75) is 89.4 Å². The van der Waals surface area contributed by atoms with Gasteiger partial charge in [-0.3, -0.25) is 0 Å². The third-order valence-electron chi connectivity index (χ3n) is 7.72. The summed E-state index contributed by atoms with van der Waals surface area (Å²) in [6.07, 6.45) is 16.1. The molecule has 2 bridgehead atoms. The molecule has 3 nitrogen and oxygen atoms in total. The summed E-state index contributed by atoms with van der Waals surface area (Å²) in [5.74, 6) is 0. The number of ether oxygens (including phenoxy) is 3. The molecule has 4 aliphatic rings. The molecule has 0 N–H and O–H groups in total. The summed E-state index contributed by atoms with van der Waals surface area (Å²) < 4.78 is 17.6. The van der Waals surface area contributed by atoms with Gasteiger partial charge in [0, 0.05) is 0 Å². The number of hydrogen-bond acceptors (Lipinski definition) is 3. The summed E-state index contributed by atoms with van der Waals surface area (Å²) >= 11 is 0. The van der Waals surface area contributed by atoms with Gasteiger partial charge in [-0.25, -0.2) is 0 Å². The lowest BCUT2D eigenvalue weighted by atomic mass is 9.51. The van der Waals surface area contributed by atoms with Crippen molar-refractivity contribution in [2.75, 3.05) is 19.8 Å². The lowest BCUT2D eigenvalue weighted by molar-refractivity contribution is -0.232. The Balaban J connectivity index is 1.31. The molecule has 160 valence electrons. The van der Waals surface area contributed by atoms with Crippen molar-refractivity contribution in [3.8, 4) is 0 Å². The second kappa shape index (κ2) is 9.32. The average molecular weight is 399 g/mol. The molecule has 1 aromatic rings. The van der Waals surface area contributed by atoms with E-state index in [1.54, 1.807) is 5.56 Å². The molecule has 0 spiro atoms. The van der Waals surface area contributed by atoms with Gasteiger partial charge in [-0.2, -0.15) is 0 Å². The monoisotopic (exact) mass is 398 g/mol. The largest absolute Gasteiger partial charge is 0.366 e. The summed E-state index contributed by atoms with van der Waals surface area (Å²) in [7, 11) is 0. The molecule has 1 aromatic carbocycles. The van der Waals surface area contributed by atoms with E-state index in [1.807, 2.05) is 6.08 Å². The van der Waals surface area contributed by atoms with Crippen LogP contribution >= 0.6 is 0 Å². The molecule has 2 unspecified atom stereocenters. The minimum Gasteiger partial charge on any atom is -0.366 e. The van der Waals surface area contributed by atoms with Crippen LogP contribution in [0.1, 0.15) is 88.9 Å². The maximum Gasteiger partial charge on any atom is 0.181 e. The minimum absolute atomic E-state index is 0.0162. The Hall–Kier alpha value is -1.16. The van der Waals surface area contributed by atoms with E-state index in [2.05, 4.69) is 44.2 Å². The Kier molecular flexibility index (Phi) is 6.78. The Morgan fingerprint density at radius 1 is 0.931 bits per heavy atom. The first kappa shape index (κ1) is 21.1. The molecule has 1 aliphatic heterocycles. The summed E-state index contributed by atoms with van der Waals surface area (Å²) in [5.41, 5.74) is 3.88. The summed E-state index contributed by atoms with van der Waals surface area (Å²) in [6.45, 7) is 6.11. The molecule has 0 amide bonds. The van der Waals surface area contributed by atoms with Gasteiger partial charge in [0.1, 0.15) is 6.10 Å². The Bertz CT molecular complexity index is 645. The van der Waals surface area contributed by atoms with Gasteiger partial charge in [-0.1, -0.05) is 56.7 Å². The Labute approximate surface area is 176 Å². The molecule has 3 saturated carbocycles. The van der Waals surface area contributed by atoms with Gasteiger partial charge in [-0.15, -0.1) is 0 Å². The van der Waals surface area contributed by atoms with Crippen LogP contribution in [0.4, 0.5) is 0 Å². The van der Waals surface area contributed by atoms with Crippen LogP contribution in [0.25, 0.3) is 0 Å². The van der Waals surface area contributed by atoms with E-state index < -0.39 is 0 Å². The molecular weight excluding hydrogens is 360 g/mol. The highest BCUT2D eigenvalue weighted by molar-refractivity contribution is 5.32. The topological polar surface area (TPSA) is 27.7 Å². The zero-order chi connectivity index (χ0) is 20.2. The lowest BCUT2D eigenvalue weighted by Gasteiger charge is -2.54. The van der Waals surface area contributed by atoms with Crippen LogP contribution in [0.2, 0.25) is 0 Å². The molecule has 5 rings (SSSR count). The Morgan fingerprint density at radius 3 is 2.24 bits per heavy atom. The molecule has 1 saturated heterocycles. The Morgan fingerprint density at radius 2 is 1.66 bits per heavy atom. The van der Waals surface area contributed by atoms with E-state index in [4.69, 9.17) is 14.2 Å². The smallest absolute Gasteiger partial charge is 0.181 e. The molecule has 1 heterocycles. The van der Waals surface area contributed by atoms with Crippen molar-refractivity contribution < 1.29 is 14.2 Å². The zero-order valence-corrected chi connectivity index (χ0v) is 18.3. The second-order valence-electron chi connectivity index (χ2n) is 9.45. The first-order chi connectivity index (χ1) is 14.2. The lowest BCUT2D eigenvalue weighted by Crippen LogP contribution is -2.44. The van der Waals surface area contributed by atoms with Crippen LogP contribution < -0.4 is 0 Å². The number of hydrogen-bond donors (Lipinski definition) is 0. The summed E-state index contributed by atoms with van der Waals surface area (Å²) in [4.78, 5) is 0.